The molecule has 39 heavy (non-hydrogen) atoms. The lowest BCUT2D eigenvalue weighted by Crippen LogP contribution is -2.70. The topological polar surface area (TPSA) is 157 Å². The zero-order valence-corrected chi connectivity index (χ0v) is 24.2. The molecule has 2 atom stereocenters. The first kappa shape index (κ1) is 27.2. The molecular formula is C23H23N8O4S4+. The molecule has 0 bridgehead atoms. The fourth-order valence-electron chi connectivity index (χ4n) is 3.99. The molecule has 3 aromatic heterocycles. The highest BCUT2D eigenvalue weighted by Crippen LogP contribution is 2.44. The molecule has 12 nitrogen and oxygen atoms in total. The summed E-state index contributed by atoms with van der Waals surface area (Å²) >= 11 is 7.78. The fourth-order valence-corrected chi connectivity index (χ4v) is 6.96. The molecule has 2 aliphatic heterocycles. The van der Waals surface area contributed by atoms with Crippen molar-refractivity contribution in [1.29, 1.82) is 0 Å². The van der Waals surface area contributed by atoms with Gasteiger partial charge < -0.3 is 15.9 Å². The van der Waals surface area contributed by atoms with Gasteiger partial charge in [-0.2, -0.15) is 13.9 Å². The van der Waals surface area contributed by atoms with Crippen molar-refractivity contribution < 1.29 is 23.8 Å². The lowest BCUT2D eigenvalue weighted by molar-refractivity contribution is -0.660. The van der Waals surface area contributed by atoms with Crippen LogP contribution in [0.25, 0.3) is 17.0 Å². The second kappa shape index (κ2) is 11.0. The van der Waals surface area contributed by atoms with Gasteiger partial charge in [0, 0.05) is 40.4 Å². The number of anilines is 1. The summed E-state index contributed by atoms with van der Waals surface area (Å²) in [5.74, 6) is -0.745. The van der Waals surface area contributed by atoms with E-state index in [0.29, 0.717) is 16.3 Å². The number of hydrogen-bond donors (Lipinski definition) is 3. The Balaban J connectivity index is 1.39. The van der Waals surface area contributed by atoms with E-state index in [1.807, 2.05) is 41.4 Å². The van der Waals surface area contributed by atoms with Crippen molar-refractivity contribution in [3.8, 4) is 11.4 Å². The molecule has 0 radical (unpaired) electrons. The quantitative estimate of drug-likeness (QED) is 0.114. The second-order valence-corrected chi connectivity index (χ2v) is 11.9. The van der Waals surface area contributed by atoms with Crippen LogP contribution in [0.2, 0.25) is 0 Å². The molecule has 0 aromatic carbocycles. The van der Waals surface area contributed by atoms with E-state index in [4.69, 9.17) is 15.6 Å². The Morgan fingerprint density at radius 2 is 2.13 bits per heavy atom. The van der Waals surface area contributed by atoms with Gasteiger partial charge in [-0.3, -0.25) is 19.3 Å². The number of nitrogen functional groups attached to an aromatic ring is 1. The summed E-state index contributed by atoms with van der Waals surface area (Å²) < 4.78 is 5.99. The number of thiol groups is 1. The highest BCUT2D eigenvalue weighted by atomic mass is 32.2. The van der Waals surface area contributed by atoms with E-state index in [1.54, 1.807) is 13.8 Å². The third kappa shape index (κ3) is 5.28. The maximum Gasteiger partial charge on any atom is 0.278 e. The predicted octanol–water partition coefficient (Wildman–Crippen LogP) is 1.46. The van der Waals surface area contributed by atoms with Gasteiger partial charge in [-0.15, -0.1) is 23.1 Å². The van der Waals surface area contributed by atoms with Crippen molar-refractivity contribution >= 4 is 80.6 Å². The van der Waals surface area contributed by atoms with E-state index in [1.165, 1.54) is 28.0 Å². The fraction of sp³-hybridized carbons (Fsp3) is 0.304. The number of aromatic nitrogens is 4. The van der Waals surface area contributed by atoms with Crippen LogP contribution in [0.1, 0.15) is 24.7 Å². The molecule has 0 aliphatic carbocycles. The number of aryl methyl sites for hydroxylation is 1. The number of nitrogens with two attached hydrogens (primary N) is 1. The first-order valence-corrected chi connectivity index (χ1v) is 14.8. The number of carbonyl (C=O) groups excluding carboxylic acids is 3. The minimum absolute atomic E-state index is 0.00428. The van der Waals surface area contributed by atoms with Crippen LogP contribution in [-0.4, -0.2) is 65.2 Å². The zero-order chi connectivity index (χ0) is 27.8. The normalized spacial score (nSPS) is 19.2. The van der Waals surface area contributed by atoms with Crippen molar-refractivity contribution in [3.05, 3.63) is 46.3 Å². The van der Waals surface area contributed by atoms with Gasteiger partial charge in [-0.25, -0.2) is 4.98 Å². The monoisotopic (exact) mass is 603 g/mol. The van der Waals surface area contributed by atoms with Gasteiger partial charge in [0.2, 0.25) is 22.3 Å². The number of rotatable bonds is 8. The van der Waals surface area contributed by atoms with Gasteiger partial charge in [0.15, 0.2) is 11.3 Å². The molecule has 2 amide bonds. The number of β-lactam (4-membered cyclic amide) rings is 1. The molecule has 1 fully saturated rings. The van der Waals surface area contributed by atoms with E-state index in [2.05, 4.69) is 32.5 Å². The van der Waals surface area contributed by atoms with Gasteiger partial charge in [-0.05, 0) is 19.9 Å². The standard InChI is InChI=1S/C23H22N8O4S4/c1-10(2)35-28-14(17-27-23(24)39-29-17)18(32)26-15-20(33)31-16(22(34)36)11(8-38-21(15)31)19-25-12(9-37-19)13-6-4-5-7-30(13)3/h4-7,9-10,15,21H,8H2,1-3H3,(H3-,24,26,27,29,32,34,36)/p+1/b28-14-/t15-,21-/m1/s1. The molecule has 202 valence electrons. The molecule has 0 spiro atoms. The van der Waals surface area contributed by atoms with Crippen LogP contribution in [0, 0.1) is 0 Å². The number of fused-ring (bicyclic) bond motifs is 1. The SMILES string of the molecule is CC(C)O/N=C(\C(=O)N[C@@H]1C(=O)N2C(C(=O)S)=C(c3nc(-c4cccc[n+]4C)cs3)CS[C@H]12)c1nsc(N)n1. The van der Waals surface area contributed by atoms with Crippen LogP contribution in [0.4, 0.5) is 5.13 Å². The maximum atomic E-state index is 13.3. The summed E-state index contributed by atoms with van der Waals surface area (Å²) in [6.07, 6.45) is 1.62. The molecule has 0 saturated carbocycles. The van der Waals surface area contributed by atoms with Crippen molar-refractivity contribution in [2.24, 2.45) is 12.2 Å². The number of hydrogen-bond acceptors (Lipinski definition) is 12. The predicted molar refractivity (Wildman–Crippen MR) is 152 cm³/mol. The van der Waals surface area contributed by atoms with Crippen LogP contribution in [-0.2, 0) is 26.3 Å². The van der Waals surface area contributed by atoms with Crippen LogP contribution >= 0.6 is 47.3 Å². The van der Waals surface area contributed by atoms with Gasteiger partial charge >= 0.3 is 0 Å². The average Bonchev–Trinajstić information content (AvgIpc) is 3.56. The lowest BCUT2D eigenvalue weighted by atomic mass is 10.0. The molecule has 16 heteroatoms. The molecule has 0 unspecified atom stereocenters. The molecule has 3 aromatic rings. The Kier molecular flexibility index (Phi) is 7.70. The summed E-state index contributed by atoms with van der Waals surface area (Å²) in [5.41, 5.74) is 7.94. The first-order valence-electron chi connectivity index (χ1n) is 11.6. The van der Waals surface area contributed by atoms with Gasteiger partial charge in [-0.1, -0.05) is 17.8 Å². The number of thioether (sulfide) groups is 1. The summed E-state index contributed by atoms with van der Waals surface area (Å²) in [6, 6.07) is 4.90. The van der Waals surface area contributed by atoms with Crippen LogP contribution < -0.4 is 15.6 Å². The van der Waals surface area contributed by atoms with Gasteiger partial charge in [0.1, 0.15) is 41.0 Å². The smallest absolute Gasteiger partial charge is 0.278 e. The number of nitrogens with zero attached hydrogens (tertiary/aromatic N) is 6. The first-order chi connectivity index (χ1) is 18.7. The molecular weight excluding hydrogens is 581 g/mol. The number of nitrogens with one attached hydrogen (secondary N) is 1. The minimum Gasteiger partial charge on any atom is -0.392 e. The summed E-state index contributed by atoms with van der Waals surface area (Å²) in [5, 5.41) is 8.22. The van der Waals surface area contributed by atoms with E-state index < -0.39 is 28.3 Å². The minimum atomic E-state index is -0.901. The molecule has 2 aliphatic rings. The number of oxime groups is 1. The van der Waals surface area contributed by atoms with E-state index >= 15 is 0 Å². The van der Waals surface area contributed by atoms with Crippen molar-refractivity contribution in [1.82, 2.24) is 24.6 Å². The van der Waals surface area contributed by atoms with Crippen molar-refractivity contribution in [2.45, 2.75) is 31.4 Å². The summed E-state index contributed by atoms with van der Waals surface area (Å²) in [7, 11) is 1.93. The van der Waals surface area contributed by atoms with E-state index in [9.17, 15) is 14.4 Å². The van der Waals surface area contributed by atoms with Crippen molar-refractivity contribution in [3.63, 3.8) is 0 Å². The third-order valence-corrected chi connectivity index (χ3v) is 8.70. The largest absolute Gasteiger partial charge is 0.392 e. The highest BCUT2D eigenvalue weighted by molar-refractivity contribution is 8.00. The number of carbonyl (C=O) groups is 3. The molecule has 5 heterocycles. The Bertz CT molecular complexity index is 1530. The number of amides is 2. The average molecular weight is 604 g/mol. The summed E-state index contributed by atoms with van der Waals surface area (Å²) in [4.78, 5) is 54.4. The molecule has 1 saturated heterocycles. The Morgan fingerprint density at radius 1 is 1.33 bits per heavy atom. The maximum absolute atomic E-state index is 13.3. The number of thiazole rings is 1. The van der Waals surface area contributed by atoms with Gasteiger partial charge in [0.25, 0.3) is 11.8 Å². The molecule has 3 N–H and O–H groups in total. The number of pyridine rings is 1. The van der Waals surface area contributed by atoms with Crippen molar-refractivity contribution in [2.75, 3.05) is 11.5 Å². The van der Waals surface area contributed by atoms with E-state index in [-0.39, 0.29) is 28.5 Å². The van der Waals surface area contributed by atoms with Crippen LogP contribution in [0.15, 0.2) is 40.6 Å². The Hall–Kier alpha value is -3.34. The third-order valence-electron chi connectivity index (χ3n) is 5.76. The van der Waals surface area contributed by atoms with Crippen LogP contribution in [0.5, 0.6) is 0 Å². The van der Waals surface area contributed by atoms with Gasteiger partial charge in [0.05, 0.1) is 0 Å². The van der Waals surface area contributed by atoms with E-state index in [0.717, 1.165) is 22.9 Å². The lowest BCUT2D eigenvalue weighted by Gasteiger charge is -2.49. The Morgan fingerprint density at radius 3 is 2.79 bits per heavy atom. The zero-order valence-electron chi connectivity index (χ0n) is 20.9. The highest BCUT2D eigenvalue weighted by Gasteiger charge is 2.54. The summed E-state index contributed by atoms with van der Waals surface area (Å²) in [6.45, 7) is 3.50. The second-order valence-electron chi connectivity index (χ2n) is 8.78. The Labute approximate surface area is 240 Å². The molecule has 5 rings (SSSR count). The van der Waals surface area contributed by atoms with Crippen LogP contribution in [0.3, 0.4) is 0 Å².